The van der Waals surface area contributed by atoms with Gasteiger partial charge in [0.05, 0.1) is 12.1 Å². The van der Waals surface area contributed by atoms with Crippen LogP contribution < -0.4 is 10.6 Å². The molecule has 2 N–H and O–H groups in total. The van der Waals surface area contributed by atoms with E-state index in [4.69, 9.17) is 0 Å². The topological polar surface area (TPSA) is 84.0 Å². The number of rotatable bonds is 5. The summed E-state index contributed by atoms with van der Waals surface area (Å²) in [4.78, 5) is 32.2. The first-order valence-electron chi connectivity index (χ1n) is 7.15. The highest BCUT2D eigenvalue weighted by Crippen LogP contribution is 2.26. The smallest absolute Gasteiger partial charge is 0.232 e. The van der Waals surface area contributed by atoms with Crippen molar-refractivity contribution >= 4 is 44.8 Å². The van der Waals surface area contributed by atoms with Crippen molar-refractivity contribution in [3.63, 3.8) is 0 Å². The van der Waals surface area contributed by atoms with Gasteiger partial charge < -0.3 is 10.6 Å². The molecule has 2 aromatic heterocycles. The van der Waals surface area contributed by atoms with Crippen LogP contribution in [0.5, 0.6) is 0 Å². The van der Waals surface area contributed by atoms with Gasteiger partial charge in [-0.15, -0.1) is 22.7 Å². The van der Waals surface area contributed by atoms with Gasteiger partial charge >= 0.3 is 0 Å². The fraction of sp³-hybridized carbons (Fsp3) is 0.429. The van der Waals surface area contributed by atoms with Crippen molar-refractivity contribution in [2.24, 2.45) is 5.92 Å². The van der Waals surface area contributed by atoms with Crippen LogP contribution >= 0.6 is 22.7 Å². The molecule has 0 aromatic carbocycles. The number of anilines is 2. The summed E-state index contributed by atoms with van der Waals surface area (Å²) in [7, 11) is 0. The monoisotopic (exact) mass is 336 g/mol. The van der Waals surface area contributed by atoms with Gasteiger partial charge in [0.25, 0.3) is 0 Å². The van der Waals surface area contributed by atoms with Crippen molar-refractivity contribution in [1.29, 1.82) is 0 Å². The van der Waals surface area contributed by atoms with Gasteiger partial charge in [0.1, 0.15) is 0 Å². The highest BCUT2D eigenvalue weighted by Gasteiger charge is 2.23. The predicted octanol–water partition coefficient (Wildman–Crippen LogP) is 2.91. The lowest BCUT2D eigenvalue weighted by Crippen LogP contribution is -2.20. The van der Waals surface area contributed by atoms with Crippen LogP contribution in [0, 0.1) is 5.92 Å². The van der Waals surface area contributed by atoms with Crippen molar-refractivity contribution in [3.8, 4) is 0 Å². The first-order chi connectivity index (χ1) is 10.7. The lowest BCUT2D eigenvalue weighted by Gasteiger charge is -2.07. The first kappa shape index (κ1) is 15.1. The molecule has 22 heavy (non-hydrogen) atoms. The Balaban J connectivity index is 1.52. The van der Waals surface area contributed by atoms with Crippen molar-refractivity contribution in [3.05, 3.63) is 22.7 Å². The summed E-state index contributed by atoms with van der Waals surface area (Å²) in [6, 6.07) is 0. The molecule has 0 radical (unpaired) electrons. The minimum atomic E-state index is -0.158. The third kappa shape index (κ3) is 3.89. The number of thiazole rings is 2. The second-order valence-electron chi connectivity index (χ2n) is 5.18. The van der Waals surface area contributed by atoms with E-state index >= 15 is 0 Å². The SMILES string of the molecule is O=C(Cc1csc(NC(=O)C2CCCC2)n1)Nc1nccs1. The molecule has 1 aliphatic rings. The van der Waals surface area contributed by atoms with Crippen LogP contribution in [0.25, 0.3) is 0 Å². The average Bonchev–Trinajstić information content (AvgIpc) is 3.20. The Morgan fingerprint density at radius 1 is 1.18 bits per heavy atom. The van der Waals surface area contributed by atoms with Gasteiger partial charge in [-0.25, -0.2) is 9.97 Å². The normalized spacial score (nSPS) is 14.9. The molecule has 116 valence electrons. The molecule has 2 aromatic rings. The zero-order valence-electron chi connectivity index (χ0n) is 11.9. The molecule has 2 amide bonds. The van der Waals surface area contributed by atoms with Crippen LogP contribution in [0.3, 0.4) is 0 Å². The van der Waals surface area contributed by atoms with E-state index in [1.165, 1.54) is 22.7 Å². The van der Waals surface area contributed by atoms with Crippen molar-refractivity contribution in [1.82, 2.24) is 9.97 Å². The van der Waals surface area contributed by atoms with Gasteiger partial charge in [-0.1, -0.05) is 12.8 Å². The molecular formula is C14H16N4O2S2. The van der Waals surface area contributed by atoms with Gasteiger partial charge in [-0.05, 0) is 12.8 Å². The fourth-order valence-electron chi connectivity index (χ4n) is 2.45. The van der Waals surface area contributed by atoms with Gasteiger partial charge in [0.15, 0.2) is 10.3 Å². The largest absolute Gasteiger partial charge is 0.302 e. The molecule has 0 saturated heterocycles. The molecule has 1 fully saturated rings. The van der Waals surface area contributed by atoms with Crippen LogP contribution in [0.2, 0.25) is 0 Å². The number of aromatic nitrogens is 2. The fourth-order valence-corrected chi connectivity index (χ4v) is 3.71. The molecule has 8 heteroatoms. The maximum atomic E-state index is 12.0. The second kappa shape index (κ2) is 6.97. The van der Waals surface area contributed by atoms with Crippen LogP contribution in [-0.4, -0.2) is 21.8 Å². The zero-order valence-corrected chi connectivity index (χ0v) is 13.5. The van der Waals surface area contributed by atoms with Gasteiger partial charge in [-0.2, -0.15) is 0 Å². The average molecular weight is 336 g/mol. The second-order valence-corrected chi connectivity index (χ2v) is 6.93. The molecule has 0 aliphatic heterocycles. The number of carbonyl (C=O) groups excluding carboxylic acids is 2. The maximum Gasteiger partial charge on any atom is 0.232 e. The minimum Gasteiger partial charge on any atom is -0.302 e. The van der Waals surface area contributed by atoms with E-state index in [2.05, 4.69) is 20.6 Å². The maximum absolute atomic E-state index is 12.0. The van der Waals surface area contributed by atoms with E-state index in [9.17, 15) is 9.59 Å². The molecule has 0 atom stereocenters. The van der Waals surface area contributed by atoms with Gasteiger partial charge in [-0.3, -0.25) is 9.59 Å². The molecule has 1 aliphatic carbocycles. The Bertz CT molecular complexity index is 648. The number of hydrogen-bond donors (Lipinski definition) is 2. The Morgan fingerprint density at radius 3 is 2.73 bits per heavy atom. The Hall–Kier alpha value is -1.80. The molecule has 6 nitrogen and oxygen atoms in total. The Labute approximate surface area is 136 Å². The standard InChI is InChI=1S/C14H16N4O2S2/c19-11(17-13-15-5-6-21-13)7-10-8-22-14(16-10)18-12(20)9-3-1-2-4-9/h5-6,8-9H,1-4,7H2,(H,15,17,19)(H,16,18,20). The summed E-state index contributed by atoms with van der Waals surface area (Å²) in [6.45, 7) is 0. The lowest BCUT2D eigenvalue weighted by atomic mass is 10.1. The summed E-state index contributed by atoms with van der Waals surface area (Å²) in [5, 5.41) is 10.3. The van der Waals surface area contributed by atoms with E-state index in [-0.39, 0.29) is 24.2 Å². The summed E-state index contributed by atoms with van der Waals surface area (Å²) in [5.41, 5.74) is 0.653. The van der Waals surface area contributed by atoms with E-state index in [0.29, 0.717) is 16.0 Å². The molecule has 3 rings (SSSR count). The molecule has 2 heterocycles. The lowest BCUT2D eigenvalue weighted by molar-refractivity contribution is -0.119. The number of nitrogens with zero attached hydrogens (tertiary/aromatic N) is 2. The highest BCUT2D eigenvalue weighted by atomic mass is 32.1. The summed E-state index contributed by atoms with van der Waals surface area (Å²) < 4.78 is 0. The number of carbonyl (C=O) groups is 2. The predicted molar refractivity (Wildman–Crippen MR) is 87.1 cm³/mol. The van der Waals surface area contributed by atoms with E-state index in [1.807, 2.05) is 0 Å². The van der Waals surface area contributed by atoms with Gasteiger partial charge in [0.2, 0.25) is 11.8 Å². The number of nitrogens with one attached hydrogen (secondary N) is 2. The quantitative estimate of drug-likeness (QED) is 0.879. The van der Waals surface area contributed by atoms with Crippen molar-refractivity contribution in [2.45, 2.75) is 32.1 Å². The van der Waals surface area contributed by atoms with Crippen LogP contribution in [0.1, 0.15) is 31.4 Å². The van der Waals surface area contributed by atoms with E-state index in [1.54, 1.807) is 17.0 Å². The van der Waals surface area contributed by atoms with Crippen molar-refractivity contribution < 1.29 is 9.59 Å². The van der Waals surface area contributed by atoms with Crippen LogP contribution in [0.4, 0.5) is 10.3 Å². The Kier molecular flexibility index (Phi) is 4.79. The summed E-state index contributed by atoms with van der Waals surface area (Å²) in [5.74, 6) is 0.000100. The van der Waals surface area contributed by atoms with E-state index < -0.39 is 0 Å². The number of hydrogen-bond acceptors (Lipinski definition) is 6. The first-order valence-corrected chi connectivity index (χ1v) is 8.91. The zero-order chi connectivity index (χ0) is 15.4. The third-order valence-electron chi connectivity index (χ3n) is 3.53. The Morgan fingerprint density at radius 2 is 2.00 bits per heavy atom. The van der Waals surface area contributed by atoms with Crippen LogP contribution in [0.15, 0.2) is 17.0 Å². The molecule has 0 bridgehead atoms. The third-order valence-corrected chi connectivity index (χ3v) is 5.02. The molecule has 1 saturated carbocycles. The molecular weight excluding hydrogens is 320 g/mol. The summed E-state index contributed by atoms with van der Waals surface area (Å²) >= 11 is 2.72. The van der Waals surface area contributed by atoms with Gasteiger partial charge in [0, 0.05) is 22.9 Å². The van der Waals surface area contributed by atoms with Crippen molar-refractivity contribution in [2.75, 3.05) is 10.6 Å². The number of amides is 2. The molecule has 0 spiro atoms. The molecule has 0 unspecified atom stereocenters. The van der Waals surface area contributed by atoms with Crippen LogP contribution in [-0.2, 0) is 16.0 Å². The summed E-state index contributed by atoms with van der Waals surface area (Å²) in [6.07, 6.45) is 5.98. The highest BCUT2D eigenvalue weighted by molar-refractivity contribution is 7.14. The van der Waals surface area contributed by atoms with E-state index in [0.717, 1.165) is 25.7 Å². The minimum absolute atomic E-state index is 0.0469.